The first-order valence-electron chi connectivity index (χ1n) is 14.1. The van der Waals surface area contributed by atoms with Crippen LogP contribution in [0.25, 0.3) is 0 Å². The molecule has 40 heavy (non-hydrogen) atoms. The average molecular weight is 553 g/mol. The van der Waals surface area contributed by atoms with E-state index >= 15 is 4.39 Å². The Morgan fingerprint density at radius 1 is 1.15 bits per heavy atom. The van der Waals surface area contributed by atoms with Crippen LogP contribution in [-0.2, 0) is 23.8 Å². The van der Waals surface area contributed by atoms with Gasteiger partial charge in [-0.25, -0.2) is 9.18 Å². The smallest absolute Gasteiger partial charge is 0.338 e. The molecule has 1 saturated heterocycles. The molecule has 2 unspecified atom stereocenters. The second-order valence-electron chi connectivity index (χ2n) is 13.2. The van der Waals surface area contributed by atoms with Crippen LogP contribution >= 0.6 is 0 Å². The molecular weight excluding hydrogens is 515 g/mol. The summed E-state index contributed by atoms with van der Waals surface area (Å²) < 4.78 is 35.8. The number of halogens is 1. The highest BCUT2D eigenvalue weighted by Crippen LogP contribution is 2.72. The number of ether oxygens (including phenoxy) is 3. The number of rotatable bonds is 4. The number of allylic oxidation sites excluding steroid dienone is 4. The fourth-order valence-corrected chi connectivity index (χ4v) is 8.93. The van der Waals surface area contributed by atoms with Gasteiger partial charge in [-0.05, 0) is 83.1 Å². The van der Waals surface area contributed by atoms with Crippen LogP contribution in [-0.4, -0.2) is 58.5 Å². The van der Waals surface area contributed by atoms with Crippen molar-refractivity contribution in [1.82, 2.24) is 0 Å². The normalized spacial score (nSPS) is 42.8. The lowest BCUT2D eigenvalue weighted by molar-refractivity contribution is -0.246. The molecule has 1 aromatic carbocycles. The monoisotopic (exact) mass is 552 g/mol. The van der Waals surface area contributed by atoms with Gasteiger partial charge in [-0.1, -0.05) is 36.8 Å². The van der Waals surface area contributed by atoms with E-state index in [1.165, 1.54) is 12.2 Å². The van der Waals surface area contributed by atoms with Gasteiger partial charge in [-0.3, -0.25) is 9.59 Å². The van der Waals surface area contributed by atoms with Crippen LogP contribution in [0, 0.1) is 29.6 Å². The molecule has 6 rings (SSSR count). The zero-order chi connectivity index (χ0) is 28.9. The van der Waals surface area contributed by atoms with Crippen molar-refractivity contribution in [2.75, 3.05) is 6.61 Å². The number of hydrogen-bond donors (Lipinski definition) is 1. The van der Waals surface area contributed by atoms with E-state index in [0.717, 1.165) is 5.56 Å². The highest BCUT2D eigenvalue weighted by atomic mass is 19.1. The summed E-state index contributed by atoms with van der Waals surface area (Å²) in [4.78, 5) is 39.2. The predicted octanol–water partition coefficient (Wildman–Crippen LogP) is 4.59. The summed E-state index contributed by atoms with van der Waals surface area (Å²) in [5.74, 6) is -3.26. The van der Waals surface area contributed by atoms with Gasteiger partial charge in [0.15, 0.2) is 29.4 Å². The Hall–Kier alpha value is -2.68. The molecule has 8 heteroatoms. The number of esters is 1. The molecule has 1 heterocycles. The highest BCUT2D eigenvalue weighted by Gasteiger charge is 2.80. The average Bonchev–Trinajstić information content (AvgIpc) is 3.30. The molecule has 4 fully saturated rings. The third kappa shape index (κ3) is 3.42. The maximum atomic E-state index is 17.5. The van der Waals surface area contributed by atoms with Gasteiger partial charge < -0.3 is 19.3 Å². The van der Waals surface area contributed by atoms with Crippen molar-refractivity contribution in [2.45, 2.75) is 89.6 Å². The number of carbonyl (C=O) groups excluding carboxylic acids is 3. The number of aryl methyl sites for hydroxylation is 1. The van der Waals surface area contributed by atoms with Crippen molar-refractivity contribution < 1.29 is 38.1 Å². The van der Waals surface area contributed by atoms with Gasteiger partial charge in [0.05, 0.1) is 17.8 Å². The van der Waals surface area contributed by atoms with E-state index in [4.69, 9.17) is 14.2 Å². The Balaban J connectivity index is 1.36. The molecular formula is C32H37FO7. The lowest BCUT2D eigenvalue weighted by Crippen LogP contribution is -2.70. The van der Waals surface area contributed by atoms with Crippen LogP contribution in [0.5, 0.6) is 0 Å². The van der Waals surface area contributed by atoms with E-state index < -0.39 is 64.4 Å². The molecule has 7 nitrogen and oxygen atoms in total. The zero-order valence-electron chi connectivity index (χ0n) is 23.7. The first-order chi connectivity index (χ1) is 18.7. The maximum Gasteiger partial charge on any atom is 0.338 e. The molecule has 0 spiro atoms. The Morgan fingerprint density at radius 2 is 1.88 bits per heavy atom. The number of fused-ring (bicyclic) bond motifs is 7. The Bertz CT molecular complexity index is 1360. The minimum atomic E-state index is -2.03. The lowest BCUT2D eigenvalue weighted by Gasteiger charge is -2.62. The summed E-state index contributed by atoms with van der Waals surface area (Å²) in [6.45, 7) is 8.39. The number of benzene rings is 1. The number of aliphatic hydroxyl groups is 1. The number of alkyl halides is 1. The minimum absolute atomic E-state index is 0.0389. The van der Waals surface area contributed by atoms with E-state index in [0.29, 0.717) is 30.4 Å². The fraction of sp³-hybridized carbons (Fsp3) is 0.594. The largest absolute Gasteiger partial charge is 0.454 e. The molecule has 4 aliphatic carbocycles. The van der Waals surface area contributed by atoms with E-state index in [1.807, 2.05) is 13.0 Å². The third-order valence-corrected chi connectivity index (χ3v) is 10.7. The molecule has 0 amide bonds. The van der Waals surface area contributed by atoms with Gasteiger partial charge in [-0.2, -0.15) is 0 Å². The molecule has 0 aromatic heterocycles. The van der Waals surface area contributed by atoms with Crippen LogP contribution in [0.4, 0.5) is 4.39 Å². The standard InChI is InChI=1S/C32H37FO7/c1-18-8-6-7-9-21(18)27(37)38-17-25(36)32-26(39-28(2,3)40-32)15-23-22-11-10-19-14-20(34)12-13-29(19,4)31(22,33)24(35)16-30(23,32)5/h6-9,12-14,22-24,26,35H,10-11,15-17H2,1-5H3/t22?,23?,24-,26+,29-,30-,31-,32+/m0/s1. The molecule has 8 atom stereocenters. The lowest BCUT2D eigenvalue weighted by atomic mass is 9.44. The van der Waals surface area contributed by atoms with Gasteiger partial charge in [0.25, 0.3) is 0 Å². The molecule has 5 aliphatic rings. The molecule has 214 valence electrons. The Labute approximate surface area is 233 Å². The summed E-state index contributed by atoms with van der Waals surface area (Å²) >= 11 is 0. The molecule has 1 aliphatic heterocycles. The summed E-state index contributed by atoms with van der Waals surface area (Å²) in [6.07, 6.45) is 3.68. The number of ketones is 2. The summed E-state index contributed by atoms with van der Waals surface area (Å²) in [5.41, 5.74) is -3.87. The molecule has 0 bridgehead atoms. The topological polar surface area (TPSA) is 99.1 Å². The van der Waals surface area contributed by atoms with Crippen molar-refractivity contribution in [3.63, 3.8) is 0 Å². The molecule has 0 radical (unpaired) electrons. The van der Waals surface area contributed by atoms with Crippen LogP contribution in [0.2, 0.25) is 0 Å². The van der Waals surface area contributed by atoms with Gasteiger partial charge in [0.1, 0.15) is 0 Å². The SMILES string of the molecule is Cc1ccccc1C(=O)OCC(=O)[C@@]12OC(C)(C)O[C@@H]1CC1C3CCC4=CC(=O)C=C[C@]4(C)[C@@]3(F)[C@@H](O)C[C@@]12C. The van der Waals surface area contributed by atoms with Crippen molar-refractivity contribution in [2.24, 2.45) is 22.7 Å². The van der Waals surface area contributed by atoms with Gasteiger partial charge in [0.2, 0.25) is 5.78 Å². The number of carbonyl (C=O) groups is 3. The summed E-state index contributed by atoms with van der Waals surface area (Å²) in [7, 11) is 0. The van der Waals surface area contributed by atoms with Crippen LogP contribution < -0.4 is 0 Å². The number of aliphatic hydroxyl groups excluding tert-OH is 1. The summed E-state index contributed by atoms with van der Waals surface area (Å²) in [5, 5.41) is 11.7. The molecule has 1 aromatic rings. The van der Waals surface area contributed by atoms with Gasteiger partial charge >= 0.3 is 5.97 Å². The van der Waals surface area contributed by atoms with Gasteiger partial charge in [0, 0.05) is 16.7 Å². The predicted molar refractivity (Wildman–Crippen MR) is 143 cm³/mol. The van der Waals surface area contributed by atoms with Crippen molar-refractivity contribution in [3.05, 3.63) is 59.2 Å². The van der Waals surface area contributed by atoms with E-state index in [1.54, 1.807) is 52.0 Å². The number of Topliss-reactive ketones (excluding diaryl/α,β-unsaturated/α-hetero) is 1. The highest BCUT2D eigenvalue weighted by molar-refractivity contribution is 6.01. The Kier molecular flexibility index (Phi) is 5.95. The Morgan fingerprint density at radius 3 is 2.60 bits per heavy atom. The van der Waals surface area contributed by atoms with Crippen LogP contribution in [0.3, 0.4) is 0 Å². The maximum absolute atomic E-state index is 17.5. The van der Waals surface area contributed by atoms with Crippen LogP contribution in [0.15, 0.2) is 48.1 Å². The fourth-order valence-electron chi connectivity index (χ4n) is 8.93. The zero-order valence-corrected chi connectivity index (χ0v) is 23.7. The number of hydrogen-bond acceptors (Lipinski definition) is 7. The van der Waals surface area contributed by atoms with Gasteiger partial charge in [-0.15, -0.1) is 0 Å². The molecule has 3 saturated carbocycles. The minimum Gasteiger partial charge on any atom is -0.454 e. The van der Waals surface area contributed by atoms with Crippen molar-refractivity contribution >= 4 is 17.5 Å². The first-order valence-corrected chi connectivity index (χ1v) is 14.1. The quantitative estimate of drug-likeness (QED) is 0.546. The second-order valence-corrected chi connectivity index (χ2v) is 13.2. The first kappa shape index (κ1) is 27.5. The van der Waals surface area contributed by atoms with E-state index in [9.17, 15) is 19.5 Å². The molecule has 1 N–H and O–H groups in total. The van der Waals surface area contributed by atoms with Crippen LogP contribution in [0.1, 0.15) is 69.3 Å². The third-order valence-electron chi connectivity index (χ3n) is 10.7. The van der Waals surface area contributed by atoms with E-state index in [-0.39, 0.29) is 18.1 Å². The van der Waals surface area contributed by atoms with Crippen molar-refractivity contribution in [3.8, 4) is 0 Å². The summed E-state index contributed by atoms with van der Waals surface area (Å²) in [6, 6.07) is 6.99. The second kappa shape index (κ2) is 8.66. The van der Waals surface area contributed by atoms with Crippen molar-refractivity contribution in [1.29, 1.82) is 0 Å². The van der Waals surface area contributed by atoms with E-state index in [2.05, 4.69) is 0 Å².